The second kappa shape index (κ2) is 3.93. The summed E-state index contributed by atoms with van der Waals surface area (Å²) in [7, 11) is -4.06. The van der Waals surface area contributed by atoms with Crippen molar-refractivity contribution in [1.82, 2.24) is 0 Å². The Morgan fingerprint density at radius 1 is 1.60 bits per heavy atom. The fourth-order valence-electron chi connectivity index (χ4n) is 0.245. The predicted molar refractivity (Wildman–Crippen MR) is 34.1 cm³/mol. The maximum Gasteiger partial charge on any atom is 0.403 e. The van der Waals surface area contributed by atoms with E-state index in [1.807, 2.05) is 0 Å². The third-order valence-electron chi connectivity index (χ3n) is 0.598. The van der Waals surface area contributed by atoms with Gasteiger partial charge in [-0.2, -0.15) is 0 Å². The van der Waals surface area contributed by atoms with Crippen molar-refractivity contribution < 1.29 is 23.9 Å². The first-order chi connectivity index (χ1) is 4.42. The van der Waals surface area contributed by atoms with Gasteiger partial charge in [-0.05, 0) is 0 Å². The summed E-state index contributed by atoms with van der Waals surface area (Å²) in [6.45, 7) is -0.355. The van der Waals surface area contributed by atoms with Crippen LogP contribution in [0.25, 0.3) is 0 Å². The summed E-state index contributed by atoms with van der Waals surface area (Å²) in [6.07, 6.45) is -0.495. The van der Waals surface area contributed by atoms with Gasteiger partial charge >= 0.3 is 13.0 Å². The lowest BCUT2D eigenvalue weighted by molar-refractivity contribution is 0.178. The number of carbonyl (C=O) groups is 1. The molecule has 10 heavy (non-hydrogen) atoms. The molecule has 0 aromatic rings. The van der Waals surface area contributed by atoms with Gasteiger partial charge in [0, 0.05) is 11.6 Å². The van der Waals surface area contributed by atoms with Crippen LogP contribution in [0.2, 0.25) is 0 Å². The predicted octanol–water partition coefficient (Wildman–Crippen LogP) is 0.539. The van der Waals surface area contributed by atoms with Gasteiger partial charge < -0.3 is 14.5 Å². The second-order valence-corrected chi connectivity index (χ2v) is 3.56. The van der Waals surface area contributed by atoms with Crippen molar-refractivity contribution in [2.24, 2.45) is 0 Å². The molecular formula is C3H6ClO5P. The van der Waals surface area contributed by atoms with Crippen molar-refractivity contribution in [3.8, 4) is 0 Å². The summed E-state index contributed by atoms with van der Waals surface area (Å²) in [4.78, 5) is 26.2. The minimum atomic E-state index is -4.06. The quantitative estimate of drug-likeness (QED) is 0.499. The molecule has 0 rings (SSSR count). The highest BCUT2D eigenvalue weighted by atomic mass is 35.5. The molecule has 0 bridgehead atoms. The van der Waals surface area contributed by atoms with E-state index in [1.54, 1.807) is 0 Å². The molecule has 60 valence electrons. The van der Waals surface area contributed by atoms with E-state index in [-0.39, 0.29) is 6.61 Å². The summed E-state index contributed by atoms with van der Waals surface area (Å²) in [6, 6.07) is 0. The largest absolute Gasteiger partial charge is 0.453 e. The lowest BCUT2D eigenvalue weighted by Gasteiger charge is -2.01. The lowest BCUT2D eigenvalue weighted by Crippen LogP contribution is -2.01. The SMILES string of the molecule is O=C(Cl)OCCP(=O)(O)O. The Labute approximate surface area is 62.1 Å². The van der Waals surface area contributed by atoms with Crippen LogP contribution in [0.5, 0.6) is 0 Å². The third-order valence-corrected chi connectivity index (χ3v) is 1.47. The van der Waals surface area contributed by atoms with E-state index >= 15 is 0 Å². The Balaban J connectivity index is 3.39. The van der Waals surface area contributed by atoms with Crippen LogP contribution in [0.4, 0.5) is 4.79 Å². The highest BCUT2D eigenvalue weighted by molar-refractivity contribution is 7.51. The van der Waals surface area contributed by atoms with E-state index in [9.17, 15) is 9.36 Å². The molecule has 0 aliphatic rings. The van der Waals surface area contributed by atoms with Crippen molar-refractivity contribution in [2.75, 3.05) is 12.8 Å². The maximum atomic E-state index is 10.1. The standard InChI is InChI=1S/C3H6ClO5P/c4-3(5)9-1-2-10(6,7)8/h1-2H2,(H2,6,7,8). The first kappa shape index (κ1) is 9.91. The smallest absolute Gasteiger partial charge is 0.403 e. The zero-order valence-electron chi connectivity index (χ0n) is 4.86. The lowest BCUT2D eigenvalue weighted by atomic mass is 10.9. The van der Waals surface area contributed by atoms with Gasteiger partial charge in [0.2, 0.25) is 0 Å². The normalized spacial score (nSPS) is 11.1. The highest BCUT2D eigenvalue weighted by Crippen LogP contribution is 2.33. The third kappa shape index (κ3) is 7.91. The molecule has 7 heteroatoms. The van der Waals surface area contributed by atoms with Crippen LogP contribution < -0.4 is 0 Å². The highest BCUT2D eigenvalue weighted by Gasteiger charge is 2.12. The molecule has 0 aliphatic heterocycles. The van der Waals surface area contributed by atoms with E-state index in [4.69, 9.17) is 21.4 Å². The van der Waals surface area contributed by atoms with E-state index in [1.165, 1.54) is 0 Å². The average Bonchev–Trinajstić information content (AvgIpc) is 1.59. The molecule has 0 saturated carbocycles. The molecular weight excluding hydrogens is 182 g/mol. The number of ether oxygens (including phenoxy) is 1. The van der Waals surface area contributed by atoms with Gasteiger partial charge in [0.1, 0.15) is 6.61 Å². The summed E-state index contributed by atoms with van der Waals surface area (Å²) in [5, 5.41) is 0. The number of halogens is 1. The van der Waals surface area contributed by atoms with Crippen LogP contribution in [0.15, 0.2) is 0 Å². The van der Waals surface area contributed by atoms with E-state index in [0.29, 0.717) is 0 Å². The molecule has 2 N–H and O–H groups in total. The molecule has 0 aromatic carbocycles. The summed E-state index contributed by atoms with van der Waals surface area (Å²) >= 11 is 4.69. The van der Waals surface area contributed by atoms with Gasteiger partial charge in [-0.1, -0.05) is 0 Å². The molecule has 0 aliphatic carbocycles. The molecule has 0 aromatic heterocycles. The van der Waals surface area contributed by atoms with Gasteiger partial charge in [-0.25, -0.2) is 4.79 Å². The Morgan fingerprint density at radius 2 is 2.10 bits per heavy atom. The van der Waals surface area contributed by atoms with Crippen LogP contribution in [-0.4, -0.2) is 28.0 Å². The fourth-order valence-corrected chi connectivity index (χ4v) is 0.651. The number of hydrogen-bond donors (Lipinski definition) is 2. The van der Waals surface area contributed by atoms with Gasteiger partial charge in [-0.15, -0.1) is 0 Å². The van der Waals surface area contributed by atoms with Crippen molar-refractivity contribution in [3.63, 3.8) is 0 Å². The van der Waals surface area contributed by atoms with Crippen molar-refractivity contribution >= 4 is 24.6 Å². The van der Waals surface area contributed by atoms with Gasteiger partial charge in [0.15, 0.2) is 0 Å². The summed E-state index contributed by atoms with van der Waals surface area (Å²) in [5.74, 6) is 0. The first-order valence-electron chi connectivity index (χ1n) is 2.28. The molecule has 0 saturated heterocycles. The Kier molecular flexibility index (Phi) is 3.89. The van der Waals surface area contributed by atoms with Crippen LogP contribution >= 0.6 is 19.2 Å². The minimum absolute atomic E-state index is 0.355. The van der Waals surface area contributed by atoms with Crippen molar-refractivity contribution in [1.29, 1.82) is 0 Å². The molecule has 0 radical (unpaired) electrons. The van der Waals surface area contributed by atoms with Crippen LogP contribution in [0.3, 0.4) is 0 Å². The van der Waals surface area contributed by atoms with Gasteiger partial charge in [-0.3, -0.25) is 4.57 Å². The van der Waals surface area contributed by atoms with E-state index < -0.39 is 19.2 Å². The monoisotopic (exact) mass is 188 g/mol. The van der Waals surface area contributed by atoms with Crippen molar-refractivity contribution in [2.45, 2.75) is 0 Å². The van der Waals surface area contributed by atoms with Crippen LogP contribution in [0.1, 0.15) is 0 Å². The molecule has 0 heterocycles. The zero-order chi connectivity index (χ0) is 8.20. The maximum absolute atomic E-state index is 10.1. The zero-order valence-corrected chi connectivity index (χ0v) is 6.51. The van der Waals surface area contributed by atoms with Gasteiger partial charge in [0.05, 0.1) is 6.16 Å². The summed E-state index contributed by atoms with van der Waals surface area (Å²) in [5.41, 5.74) is -1.06. The fraction of sp³-hybridized carbons (Fsp3) is 0.667. The molecule has 0 atom stereocenters. The Morgan fingerprint density at radius 3 is 2.40 bits per heavy atom. The number of hydrogen-bond acceptors (Lipinski definition) is 3. The summed E-state index contributed by atoms with van der Waals surface area (Å²) < 4.78 is 14.1. The van der Waals surface area contributed by atoms with Crippen LogP contribution in [-0.2, 0) is 9.30 Å². The first-order valence-corrected chi connectivity index (χ1v) is 4.46. The second-order valence-electron chi connectivity index (χ2n) is 1.47. The van der Waals surface area contributed by atoms with E-state index in [2.05, 4.69) is 4.74 Å². The molecule has 0 spiro atoms. The Hall–Kier alpha value is -0.0900. The van der Waals surface area contributed by atoms with Crippen LogP contribution in [0, 0.1) is 0 Å². The molecule has 5 nitrogen and oxygen atoms in total. The molecule has 0 fully saturated rings. The van der Waals surface area contributed by atoms with E-state index in [0.717, 1.165) is 0 Å². The topological polar surface area (TPSA) is 83.8 Å². The van der Waals surface area contributed by atoms with Crippen molar-refractivity contribution in [3.05, 3.63) is 0 Å². The molecule has 0 amide bonds. The minimum Gasteiger partial charge on any atom is -0.453 e. The Bertz CT molecular complexity index is 162. The number of rotatable bonds is 3. The molecule has 0 unspecified atom stereocenters. The number of carbonyl (C=O) groups excluding carboxylic acids is 1. The average molecular weight is 189 g/mol. The van der Waals surface area contributed by atoms with Gasteiger partial charge in [0.25, 0.3) is 0 Å².